The Morgan fingerprint density at radius 1 is 1.14 bits per heavy atom. The van der Waals surface area contributed by atoms with Crippen LogP contribution in [0.4, 0.5) is 0 Å². The van der Waals surface area contributed by atoms with Gasteiger partial charge in [-0.05, 0) is 37.3 Å². The normalized spacial score (nSPS) is 19.8. The van der Waals surface area contributed by atoms with Crippen molar-refractivity contribution in [3.05, 3.63) is 29.8 Å². The largest absolute Gasteiger partial charge is 0.480 e. The molecule has 1 fully saturated rings. The van der Waals surface area contributed by atoms with E-state index in [1.54, 1.807) is 12.1 Å². The number of carboxylic acids is 1. The van der Waals surface area contributed by atoms with Crippen LogP contribution in [-0.2, 0) is 14.6 Å². The molecule has 0 heterocycles. The molecule has 0 bridgehead atoms. The molecule has 1 saturated carbocycles. The summed E-state index contributed by atoms with van der Waals surface area (Å²) in [6.45, 7) is 5.85. The van der Waals surface area contributed by atoms with E-state index >= 15 is 0 Å². The van der Waals surface area contributed by atoms with E-state index in [2.05, 4.69) is 0 Å². The summed E-state index contributed by atoms with van der Waals surface area (Å²) in [7, 11) is -3.87. The maximum absolute atomic E-state index is 12.8. The molecule has 0 aliphatic heterocycles. The van der Waals surface area contributed by atoms with E-state index in [9.17, 15) is 18.3 Å². The van der Waals surface area contributed by atoms with Crippen LogP contribution in [0.25, 0.3) is 0 Å². The molecule has 21 heavy (non-hydrogen) atoms. The SMILES string of the molecule is CCC1(CC)CC(C(=O)O)(S(=O)(=O)c2ccc(C)cc2)C1. The van der Waals surface area contributed by atoms with E-state index in [-0.39, 0.29) is 23.2 Å². The molecule has 0 unspecified atom stereocenters. The number of carbonyl (C=O) groups is 1. The molecule has 0 saturated heterocycles. The number of aliphatic carboxylic acids is 1. The van der Waals surface area contributed by atoms with E-state index in [1.807, 2.05) is 20.8 Å². The monoisotopic (exact) mass is 310 g/mol. The van der Waals surface area contributed by atoms with E-state index in [1.165, 1.54) is 12.1 Å². The second-order valence-corrected chi connectivity index (χ2v) is 8.44. The first kappa shape index (κ1) is 16.0. The minimum absolute atomic E-state index is 0.108. The van der Waals surface area contributed by atoms with Gasteiger partial charge in [0, 0.05) is 0 Å². The maximum Gasteiger partial charge on any atom is 0.325 e. The summed E-state index contributed by atoms with van der Waals surface area (Å²) in [5.74, 6) is -1.22. The molecule has 1 aromatic carbocycles. The van der Waals surface area contributed by atoms with Crippen molar-refractivity contribution in [2.24, 2.45) is 5.41 Å². The lowest BCUT2D eigenvalue weighted by atomic mass is 9.58. The Balaban J connectivity index is 2.45. The predicted octanol–water partition coefficient (Wildman–Crippen LogP) is 3.19. The van der Waals surface area contributed by atoms with E-state index in [0.29, 0.717) is 0 Å². The van der Waals surface area contributed by atoms with Gasteiger partial charge in [-0.25, -0.2) is 8.42 Å². The number of sulfone groups is 1. The van der Waals surface area contributed by atoms with Gasteiger partial charge in [-0.3, -0.25) is 4.79 Å². The van der Waals surface area contributed by atoms with Crippen molar-refractivity contribution in [2.75, 3.05) is 0 Å². The van der Waals surface area contributed by atoms with Gasteiger partial charge in [0.1, 0.15) is 0 Å². The fraction of sp³-hybridized carbons (Fsp3) is 0.562. The molecule has 1 aliphatic carbocycles. The Labute approximate surface area is 126 Å². The van der Waals surface area contributed by atoms with Gasteiger partial charge in [-0.1, -0.05) is 44.4 Å². The number of aryl methyl sites for hydroxylation is 1. The van der Waals surface area contributed by atoms with Gasteiger partial charge < -0.3 is 5.11 Å². The second-order valence-electron chi connectivity index (χ2n) is 6.18. The first-order chi connectivity index (χ1) is 9.73. The van der Waals surface area contributed by atoms with Gasteiger partial charge in [-0.15, -0.1) is 0 Å². The molecule has 0 amide bonds. The molecule has 1 aromatic rings. The molecule has 4 nitrogen and oxygen atoms in total. The third-order valence-corrected chi connectivity index (χ3v) is 7.44. The highest BCUT2D eigenvalue weighted by Gasteiger charge is 2.65. The topological polar surface area (TPSA) is 71.4 Å². The van der Waals surface area contributed by atoms with Gasteiger partial charge in [0.05, 0.1) is 4.90 Å². The van der Waals surface area contributed by atoms with Crippen LogP contribution >= 0.6 is 0 Å². The van der Waals surface area contributed by atoms with Crippen LogP contribution in [0.5, 0.6) is 0 Å². The Bertz CT molecular complexity index is 631. The molecule has 1 N–H and O–H groups in total. The van der Waals surface area contributed by atoms with E-state index < -0.39 is 20.6 Å². The molecule has 2 rings (SSSR count). The van der Waals surface area contributed by atoms with E-state index in [4.69, 9.17) is 0 Å². The molecule has 5 heteroatoms. The molecule has 1 aliphatic rings. The summed E-state index contributed by atoms with van der Waals surface area (Å²) in [5, 5.41) is 9.58. The molecule has 0 spiro atoms. The lowest BCUT2D eigenvalue weighted by Crippen LogP contribution is -2.61. The van der Waals surface area contributed by atoms with Gasteiger partial charge in [0.25, 0.3) is 0 Å². The van der Waals surface area contributed by atoms with Crippen molar-refractivity contribution < 1.29 is 18.3 Å². The lowest BCUT2D eigenvalue weighted by molar-refractivity contribution is -0.147. The summed E-state index contributed by atoms with van der Waals surface area (Å²) in [6, 6.07) is 6.42. The first-order valence-corrected chi connectivity index (χ1v) is 8.76. The lowest BCUT2D eigenvalue weighted by Gasteiger charge is -2.52. The van der Waals surface area contributed by atoms with Crippen LogP contribution in [0.1, 0.15) is 45.1 Å². The zero-order valence-corrected chi connectivity index (χ0v) is 13.5. The summed E-state index contributed by atoms with van der Waals surface area (Å²) in [4.78, 5) is 11.8. The molecular formula is C16H22O4S. The predicted molar refractivity (Wildman–Crippen MR) is 81.0 cm³/mol. The Morgan fingerprint density at radius 3 is 2.00 bits per heavy atom. The summed E-state index contributed by atoms with van der Waals surface area (Å²) in [6.07, 6.45) is 2.03. The third kappa shape index (κ3) is 2.27. The minimum Gasteiger partial charge on any atom is -0.480 e. The second kappa shape index (κ2) is 5.13. The Morgan fingerprint density at radius 2 is 1.62 bits per heavy atom. The van der Waals surface area contributed by atoms with Gasteiger partial charge in [0.15, 0.2) is 14.6 Å². The number of hydrogen-bond donors (Lipinski definition) is 1. The molecular weight excluding hydrogens is 288 g/mol. The van der Waals surface area contributed by atoms with E-state index in [0.717, 1.165) is 18.4 Å². The van der Waals surface area contributed by atoms with Crippen LogP contribution in [0.3, 0.4) is 0 Å². The van der Waals surface area contributed by atoms with Crippen LogP contribution in [0.15, 0.2) is 29.2 Å². The van der Waals surface area contributed by atoms with Crippen molar-refractivity contribution in [3.63, 3.8) is 0 Å². The summed E-state index contributed by atoms with van der Waals surface area (Å²) < 4.78 is 24.0. The third-order valence-electron chi connectivity index (χ3n) is 5.06. The molecule has 116 valence electrons. The highest BCUT2D eigenvalue weighted by atomic mass is 32.2. The van der Waals surface area contributed by atoms with Gasteiger partial charge >= 0.3 is 5.97 Å². The number of rotatable bonds is 5. The Hall–Kier alpha value is -1.36. The number of carboxylic acid groups (broad SMARTS) is 1. The highest BCUT2D eigenvalue weighted by Crippen LogP contribution is 2.58. The fourth-order valence-corrected chi connectivity index (χ4v) is 5.48. The average molecular weight is 310 g/mol. The van der Waals surface area contributed by atoms with Crippen molar-refractivity contribution in [3.8, 4) is 0 Å². The van der Waals surface area contributed by atoms with Gasteiger partial charge in [0.2, 0.25) is 0 Å². The van der Waals surface area contributed by atoms with Crippen LogP contribution < -0.4 is 0 Å². The molecule has 0 atom stereocenters. The zero-order chi connectivity index (χ0) is 15.9. The van der Waals surface area contributed by atoms with Crippen LogP contribution in [-0.4, -0.2) is 24.2 Å². The minimum atomic E-state index is -3.87. The smallest absolute Gasteiger partial charge is 0.325 e. The highest BCUT2D eigenvalue weighted by molar-refractivity contribution is 7.93. The maximum atomic E-state index is 12.8. The number of hydrogen-bond acceptors (Lipinski definition) is 3. The molecule has 0 radical (unpaired) electrons. The quantitative estimate of drug-likeness (QED) is 0.906. The van der Waals surface area contributed by atoms with Crippen molar-refractivity contribution >= 4 is 15.8 Å². The fourth-order valence-electron chi connectivity index (χ4n) is 3.31. The van der Waals surface area contributed by atoms with Crippen molar-refractivity contribution in [1.82, 2.24) is 0 Å². The van der Waals surface area contributed by atoms with Crippen LogP contribution in [0, 0.1) is 12.3 Å². The van der Waals surface area contributed by atoms with Crippen LogP contribution in [0.2, 0.25) is 0 Å². The van der Waals surface area contributed by atoms with Gasteiger partial charge in [-0.2, -0.15) is 0 Å². The average Bonchev–Trinajstić information content (AvgIpc) is 2.39. The first-order valence-electron chi connectivity index (χ1n) is 7.28. The Kier molecular flexibility index (Phi) is 3.91. The summed E-state index contributed by atoms with van der Waals surface area (Å²) in [5.41, 5.74) is 0.791. The summed E-state index contributed by atoms with van der Waals surface area (Å²) >= 11 is 0. The van der Waals surface area contributed by atoms with Crippen molar-refractivity contribution in [2.45, 2.75) is 56.1 Å². The standard InChI is InChI=1S/C16H22O4S/c1-4-15(5-2)10-16(11-15,14(17)18)21(19,20)13-8-6-12(3)7-9-13/h6-9H,4-5,10-11H2,1-3H3,(H,17,18). The number of benzene rings is 1. The van der Waals surface area contributed by atoms with Crippen molar-refractivity contribution in [1.29, 1.82) is 0 Å². The zero-order valence-electron chi connectivity index (χ0n) is 12.7. The molecule has 0 aromatic heterocycles.